The zero-order chi connectivity index (χ0) is 22.5. The number of aromatic nitrogens is 1. The molecule has 7 nitrogen and oxygen atoms in total. The zero-order valence-corrected chi connectivity index (χ0v) is 19.2. The number of nitrogens with one attached hydrogen (secondary N) is 1. The van der Waals surface area contributed by atoms with Gasteiger partial charge in [-0.15, -0.1) is 0 Å². The summed E-state index contributed by atoms with van der Waals surface area (Å²) in [5.74, 6) is 0.767. The van der Waals surface area contributed by atoms with Gasteiger partial charge in [-0.1, -0.05) is 24.4 Å². The molecule has 0 unspecified atom stereocenters. The van der Waals surface area contributed by atoms with Gasteiger partial charge in [-0.3, -0.25) is 9.78 Å². The second kappa shape index (κ2) is 13.3. The van der Waals surface area contributed by atoms with Crippen LogP contribution in [-0.2, 0) is 19.6 Å². The standard InChI is InChI=1S/C22H29ClN2O5S/c1-29-22(26)12-7-18(13-16-30-20-6-4-14-24-17-20)5-2-3-15-25-31(27,28)21-10-8-19(23)9-11-21/h4,6,8-11,14,17-18,25H,2-3,5,7,12-13,15-16H2,1H3/t18-/m0/s1. The molecule has 0 saturated heterocycles. The van der Waals surface area contributed by atoms with Crippen molar-refractivity contribution < 1.29 is 22.7 Å². The predicted molar refractivity (Wildman–Crippen MR) is 120 cm³/mol. The molecule has 0 aliphatic carbocycles. The van der Waals surface area contributed by atoms with E-state index in [4.69, 9.17) is 21.1 Å². The van der Waals surface area contributed by atoms with Crippen LogP contribution < -0.4 is 9.46 Å². The lowest BCUT2D eigenvalue weighted by Crippen LogP contribution is -2.24. The van der Waals surface area contributed by atoms with Crippen molar-refractivity contribution in [2.75, 3.05) is 20.3 Å². The molecule has 170 valence electrons. The summed E-state index contributed by atoms with van der Waals surface area (Å²) < 4.78 is 37.7. The van der Waals surface area contributed by atoms with Gasteiger partial charge in [0, 0.05) is 24.2 Å². The Morgan fingerprint density at radius 3 is 2.58 bits per heavy atom. The Hall–Kier alpha value is -2.16. The van der Waals surface area contributed by atoms with Crippen molar-refractivity contribution in [3.05, 3.63) is 53.8 Å². The van der Waals surface area contributed by atoms with Crippen molar-refractivity contribution in [2.45, 2.75) is 43.4 Å². The summed E-state index contributed by atoms with van der Waals surface area (Å²) in [5.41, 5.74) is 0. The SMILES string of the molecule is COC(=O)CC[C@H](CCCCNS(=O)(=O)c1ccc(Cl)cc1)CCOc1cccnc1. The summed E-state index contributed by atoms with van der Waals surface area (Å²) in [5, 5.41) is 0.490. The molecule has 0 fully saturated rings. The van der Waals surface area contributed by atoms with E-state index in [2.05, 4.69) is 9.71 Å². The fraction of sp³-hybridized carbons (Fsp3) is 0.455. The van der Waals surface area contributed by atoms with Crippen LogP contribution in [0, 0.1) is 5.92 Å². The molecule has 1 heterocycles. The highest BCUT2D eigenvalue weighted by molar-refractivity contribution is 7.89. The van der Waals surface area contributed by atoms with E-state index >= 15 is 0 Å². The Kier molecular flexibility index (Phi) is 10.8. The molecule has 1 aromatic heterocycles. The maximum atomic E-state index is 12.3. The van der Waals surface area contributed by atoms with Crippen LogP contribution in [0.15, 0.2) is 53.7 Å². The Morgan fingerprint density at radius 2 is 1.90 bits per heavy atom. The van der Waals surface area contributed by atoms with Gasteiger partial charge in [-0.2, -0.15) is 0 Å². The van der Waals surface area contributed by atoms with Crippen LogP contribution in [-0.4, -0.2) is 39.6 Å². The normalized spacial score (nSPS) is 12.3. The van der Waals surface area contributed by atoms with Gasteiger partial charge in [0.2, 0.25) is 10.0 Å². The predicted octanol–water partition coefficient (Wildman–Crippen LogP) is 4.22. The molecule has 0 bridgehead atoms. The van der Waals surface area contributed by atoms with Crippen molar-refractivity contribution in [3.63, 3.8) is 0 Å². The molecule has 0 amide bonds. The van der Waals surface area contributed by atoms with Gasteiger partial charge in [0.1, 0.15) is 5.75 Å². The number of ether oxygens (including phenoxy) is 2. The molecule has 2 rings (SSSR count). The van der Waals surface area contributed by atoms with E-state index in [-0.39, 0.29) is 16.8 Å². The van der Waals surface area contributed by atoms with Crippen molar-refractivity contribution in [1.82, 2.24) is 9.71 Å². The molecule has 0 spiro atoms. The van der Waals surface area contributed by atoms with Gasteiger partial charge in [0.05, 0.1) is 24.8 Å². The minimum atomic E-state index is -3.54. The van der Waals surface area contributed by atoms with E-state index in [9.17, 15) is 13.2 Å². The molecule has 0 saturated carbocycles. The van der Waals surface area contributed by atoms with Gasteiger partial charge in [0.25, 0.3) is 0 Å². The monoisotopic (exact) mass is 468 g/mol. The highest BCUT2D eigenvalue weighted by Crippen LogP contribution is 2.20. The molecule has 1 aromatic carbocycles. The fourth-order valence-electron chi connectivity index (χ4n) is 3.09. The number of nitrogens with zero attached hydrogens (tertiary/aromatic N) is 1. The third-order valence-corrected chi connectivity index (χ3v) is 6.60. The Labute approximate surface area is 189 Å². The number of carbonyl (C=O) groups excluding carboxylic acids is 1. The van der Waals surface area contributed by atoms with Crippen LogP contribution in [0.5, 0.6) is 5.75 Å². The van der Waals surface area contributed by atoms with E-state index in [0.29, 0.717) is 43.2 Å². The molecular weight excluding hydrogens is 440 g/mol. The fourth-order valence-corrected chi connectivity index (χ4v) is 4.29. The van der Waals surface area contributed by atoms with Gasteiger partial charge in [0.15, 0.2) is 0 Å². The third-order valence-electron chi connectivity index (χ3n) is 4.87. The lowest BCUT2D eigenvalue weighted by Gasteiger charge is -2.17. The number of rotatable bonds is 14. The van der Waals surface area contributed by atoms with Gasteiger partial charge < -0.3 is 9.47 Å². The minimum absolute atomic E-state index is 0.195. The first-order valence-corrected chi connectivity index (χ1v) is 12.1. The molecule has 0 radical (unpaired) electrons. The average Bonchev–Trinajstić information content (AvgIpc) is 2.77. The van der Waals surface area contributed by atoms with Crippen molar-refractivity contribution >= 4 is 27.6 Å². The van der Waals surface area contributed by atoms with E-state index < -0.39 is 10.0 Å². The average molecular weight is 469 g/mol. The number of benzene rings is 1. The summed E-state index contributed by atoms with van der Waals surface area (Å²) >= 11 is 5.81. The molecular formula is C22H29ClN2O5S. The lowest BCUT2D eigenvalue weighted by atomic mass is 9.94. The van der Waals surface area contributed by atoms with Crippen LogP contribution in [0.3, 0.4) is 0 Å². The van der Waals surface area contributed by atoms with Gasteiger partial charge in [-0.25, -0.2) is 13.1 Å². The van der Waals surface area contributed by atoms with E-state index in [1.165, 1.54) is 19.2 Å². The Morgan fingerprint density at radius 1 is 1.13 bits per heavy atom. The van der Waals surface area contributed by atoms with Crippen LogP contribution in [0.25, 0.3) is 0 Å². The second-order valence-corrected chi connectivity index (χ2v) is 9.36. The smallest absolute Gasteiger partial charge is 0.305 e. The van der Waals surface area contributed by atoms with Gasteiger partial charge in [-0.05, 0) is 61.6 Å². The van der Waals surface area contributed by atoms with Crippen LogP contribution in [0.4, 0.5) is 0 Å². The Balaban J connectivity index is 1.74. The van der Waals surface area contributed by atoms with Crippen molar-refractivity contribution in [3.8, 4) is 5.75 Å². The number of esters is 1. The van der Waals surface area contributed by atoms with Gasteiger partial charge >= 0.3 is 5.97 Å². The highest BCUT2D eigenvalue weighted by atomic mass is 35.5. The number of methoxy groups -OCH3 is 1. The van der Waals surface area contributed by atoms with Crippen molar-refractivity contribution in [2.24, 2.45) is 5.92 Å². The van der Waals surface area contributed by atoms with Crippen LogP contribution in [0.2, 0.25) is 5.02 Å². The number of hydrogen-bond acceptors (Lipinski definition) is 6. The number of halogens is 1. The van der Waals surface area contributed by atoms with Crippen molar-refractivity contribution in [1.29, 1.82) is 0 Å². The highest BCUT2D eigenvalue weighted by Gasteiger charge is 2.15. The van der Waals surface area contributed by atoms with Crippen LogP contribution in [0.1, 0.15) is 38.5 Å². The summed E-state index contributed by atoms with van der Waals surface area (Å²) in [7, 11) is -2.16. The lowest BCUT2D eigenvalue weighted by molar-refractivity contribution is -0.141. The summed E-state index contributed by atoms with van der Waals surface area (Å²) in [4.78, 5) is 15.7. The minimum Gasteiger partial charge on any atom is -0.492 e. The zero-order valence-electron chi connectivity index (χ0n) is 17.6. The number of hydrogen-bond donors (Lipinski definition) is 1. The number of unbranched alkanes of at least 4 members (excludes halogenated alkanes) is 1. The Bertz CT molecular complexity index is 892. The summed E-state index contributed by atoms with van der Waals surface area (Å²) in [6.07, 6.45) is 7.62. The number of pyridine rings is 1. The number of carbonyl (C=O) groups is 1. The van der Waals surface area contributed by atoms with E-state index in [1.54, 1.807) is 24.5 Å². The van der Waals surface area contributed by atoms with E-state index in [0.717, 1.165) is 19.3 Å². The molecule has 1 atom stereocenters. The molecule has 31 heavy (non-hydrogen) atoms. The first-order valence-electron chi connectivity index (χ1n) is 10.3. The second-order valence-electron chi connectivity index (χ2n) is 7.15. The topological polar surface area (TPSA) is 94.6 Å². The van der Waals surface area contributed by atoms with Crippen LogP contribution >= 0.6 is 11.6 Å². The largest absolute Gasteiger partial charge is 0.492 e. The summed E-state index contributed by atoms with van der Waals surface area (Å²) in [6, 6.07) is 9.73. The molecule has 0 aliphatic heterocycles. The first kappa shape index (κ1) is 25.1. The molecule has 9 heteroatoms. The number of sulfonamides is 1. The molecule has 1 N–H and O–H groups in total. The summed E-state index contributed by atoms with van der Waals surface area (Å²) in [6.45, 7) is 0.877. The van der Waals surface area contributed by atoms with E-state index in [1.807, 2.05) is 12.1 Å². The molecule has 2 aromatic rings. The third kappa shape index (κ3) is 9.67. The maximum Gasteiger partial charge on any atom is 0.305 e. The maximum absolute atomic E-state index is 12.3. The quantitative estimate of drug-likeness (QED) is 0.329. The first-order chi connectivity index (χ1) is 14.9. The molecule has 0 aliphatic rings.